The molecule has 0 spiro atoms. The normalized spacial score (nSPS) is 15.8. The fourth-order valence-corrected chi connectivity index (χ4v) is 6.72. The molecule has 0 amide bonds. The first-order valence-corrected chi connectivity index (χ1v) is 17.0. The number of carbonyl (C=O) groups is 1. The molecule has 0 unspecified atom stereocenters. The smallest absolute Gasteiger partial charge is 0.416 e. The number of rotatable bonds is 10. The summed E-state index contributed by atoms with van der Waals surface area (Å²) in [5.74, 6) is -1.46. The van der Waals surface area contributed by atoms with E-state index in [-0.39, 0.29) is 56.0 Å². The van der Waals surface area contributed by atoms with Gasteiger partial charge in [0.2, 0.25) is 10.0 Å². The van der Waals surface area contributed by atoms with Gasteiger partial charge in [-0.3, -0.25) is 0 Å². The highest BCUT2D eigenvalue weighted by Crippen LogP contribution is 2.33. The maximum absolute atomic E-state index is 13.7. The number of sulfonamides is 1. The predicted octanol–water partition coefficient (Wildman–Crippen LogP) is 4.86. The molecule has 9 nitrogen and oxygen atoms in total. The molecule has 3 aromatic rings. The van der Waals surface area contributed by atoms with Gasteiger partial charge in [-0.25, -0.2) is 17.5 Å². The van der Waals surface area contributed by atoms with Crippen LogP contribution in [0, 0.1) is 18.3 Å². The van der Waals surface area contributed by atoms with Crippen molar-refractivity contribution < 1.29 is 46.0 Å². The highest BCUT2D eigenvalue weighted by molar-refractivity contribution is 7.89. The highest BCUT2D eigenvalue weighted by Gasteiger charge is 2.43. The molecule has 0 radical (unpaired) electrons. The summed E-state index contributed by atoms with van der Waals surface area (Å²) in [7, 11) is -3.75. The van der Waals surface area contributed by atoms with Crippen LogP contribution in [0.25, 0.3) is 0 Å². The van der Waals surface area contributed by atoms with E-state index in [9.17, 15) is 36.8 Å². The zero-order valence-corrected chi connectivity index (χ0v) is 28.0. The number of alkyl halides is 3. The van der Waals surface area contributed by atoms with Crippen molar-refractivity contribution >= 4 is 21.9 Å². The third-order valence-electron chi connectivity index (χ3n) is 7.90. The summed E-state index contributed by atoms with van der Waals surface area (Å²) < 4.78 is 79.9. The van der Waals surface area contributed by atoms with Crippen LogP contribution in [0.15, 0.2) is 66.7 Å². The molecule has 4 rings (SSSR count). The molecule has 13 heteroatoms. The summed E-state index contributed by atoms with van der Waals surface area (Å²) in [4.78, 5) is 15.1. The van der Waals surface area contributed by atoms with Crippen LogP contribution in [0.2, 0.25) is 0 Å². The second-order valence-electron chi connectivity index (χ2n) is 12.8. The van der Waals surface area contributed by atoms with Crippen LogP contribution in [-0.2, 0) is 34.0 Å². The summed E-state index contributed by atoms with van der Waals surface area (Å²) in [5, 5.41) is 20.9. The van der Waals surface area contributed by atoms with Crippen LogP contribution >= 0.6 is 0 Å². The zero-order valence-electron chi connectivity index (χ0n) is 27.2. The average Bonchev–Trinajstić information content (AvgIpc) is 3.02. The summed E-state index contributed by atoms with van der Waals surface area (Å²) in [6, 6.07) is 18.7. The van der Waals surface area contributed by atoms with E-state index in [4.69, 9.17) is 9.47 Å². The number of esters is 1. The Morgan fingerprint density at radius 1 is 1.02 bits per heavy atom. The number of aliphatic hydroxyl groups is 1. The van der Waals surface area contributed by atoms with E-state index in [0.717, 1.165) is 28.8 Å². The molecule has 48 heavy (non-hydrogen) atoms. The van der Waals surface area contributed by atoms with E-state index in [1.165, 1.54) is 10.4 Å². The number of ether oxygens (including phenoxy) is 2. The number of nitrogens with one attached hydrogen (secondary N) is 1. The van der Waals surface area contributed by atoms with Gasteiger partial charge in [-0.1, -0.05) is 36.4 Å². The number of aryl methyl sites for hydroxylation is 2. The minimum Gasteiger partial charge on any atom is -0.489 e. The van der Waals surface area contributed by atoms with Gasteiger partial charge in [0, 0.05) is 25.9 Å². The van der Waals surface area contributed by atoms with Crippen LogP contribution in [0.3, 0.4) is 0 Å². The third-order valence-corrected chi connectivity index (χ3v) is 9.78. The minimum atomic E-state index is -4.73. The van der Waals surface area contributed by atoms with Crippen LogP contribution in [-0.4, -0.2) is 59.7 Å². The molecule has 1 fully saturated rings. The molecule has 0 aliphatic carbocycles. The van der Waals surface area contributed by atoms with Crippen molar-refractivity contribution in [2.75, 3.05) is 18.8 Å². The van der Waals surface area contributed by atoms with Crippen LogP contribution < -0.4 is 9.73 Å². The van der Waals surface area contributed by atoms with Gasteiger partial charge in [0.05, 0.1) is 22.4 Å². The van der Waals surface area contributed by atoms with Crippen molar-refractivity contribution in [2.45, 2.75) is 70.9 Å². The fourth-order valence-electron chi connectivity index (χ4n) is 5.24. The zero-order chi connectivity index (χ0) is 35.3. The molecular formula is C35H39F3N3O6S+. The average molecular weight is 687 g/mol. The largest absolute Gasteiger partial charge is 0.489 e. The molecule has 1 saturated heterocycles. The Labute approximate surface area is 278 Å². The minimum absolute atomic E-state index is 0.000811. The topological polar surface area (TPSA) is 131 Å². The lowest BCUT2D eigenvalue weighted by atomic mass is 9.90. The van der Waals surface area contributed by atoms with E-state index in [1.54, 1.807) is 76.2 Å². The molecule has 0 saturated carbocycles. The Hall–Kier alpha value is -4.41. The molecule has 0 atom stereocenters. The van der Waals surface area contributed by atoms with Crippen molar-refractivity contribution in [1.29, 1.82) is 5.26 Å². The number of halogens is 3. The Morgan fingerprint density at radius 2 is 1.69 bits per heavy atom. The van der Waals surface area contributed by atoms with Gasteiger partial charge < -0.3 is 14.6 Å². The third kappa shape index (κ3) is 9.58. The second-order valence-corrected chi connectivity index (χ2v) is 14.9. The van der Waals surface area contributed by atoms with E-state index in [0.29, 0.717) is 5.56 Å². The van der Waals surface area contributed by atoms with Gasteiger partial charge in [-0.15, -0.1) is 0 Å². The van der Waals surface area contributed by atoms with Crippen LogP contribution in [0.5, 0.6) is 5.75 Å². The van der Waals surface area contributed by atoms with Gasteiger partial charge in [-0.05, 0) is 81.1 Å². The number of piperidine rings is 1. The Balaban J connectivity index is 1.44. The molecule has 3 aromatic carbocycles. The molecule has 1 aliphatic rings. The highest BCUT2D eigenvalue weighted by atomic mass is 32.2. The summed E-state index contributed by atoms with van der Waals surface area (Å²) in [6.07, 6.45) is -4.58. The lowest BCUT2D eigenvalue weighted by Gasteiger charge is -2.31. The first-order chi connectivity index (χ1) is 22.4. The van der Waals surface area contributed by atoms with Crippen molar-refractivity contribution in [1.82, 2.24) is 4.31 Å². The lowest BCUT2D eigenvalue weighted by molar-refractivity contribution is -0.546. The summed E-state index contributed by atoms with van der Waals surface area (Å²) in [6.45, 7) is 7.01. The number of carbonyl (C=O) groups excluding carboxylic acids is 1. The molecule has 1 aliphatic heterocycles. The summed E-state index contributed by atoms with van der Waals surface area (Å²) in [5.41, 5.74) is -0.753. The SMILES string of the molecule is Cc1cc(C(=O)OC(C)(C)C)ccc1CCS(=O)(=O)N1CCC(C#N)([NH+]=C(O)c2cc(OCc3ccccc3)cc(C(F)(F)F)c2)CC1. The quantitative estimate of drug-likeness (QED) is 0.177. The number of nitriles is 1. The van der Waals surface area contributed by atoms with Crippen molar-refractivity contribution in [2.24, 2.45) is 0 Å². The van der Waals surface area contributed by atoms with Gasteiger partial charge in [0.1, 0.15) is 24.0 Å². The fraction of sp³-hybridized carbons (Fsp3) is 0.400. The molecular weight excluding hydrogens is 647 g/mol. The van der Waals surface area contributed by atoms with Gasteiger partial charge in [-0.2, -0.15) is 23.4 Å². The second kappa shape index (κ2) is 14.4. The number of hydrogen-bond acceptors (Lipinski definition) is 6. The summed E-state index contributed by atoms with van der Waals surface area (Å²) >= 11 is 0. The van der Waals surface area contributed by atoms with Gasteiger partial charge in [0.25, 0.3) is 5.54 Å². The van der Waals surface area contributed by atoms with E-state index in [1.807, 2.05) is 0 Å². The van der Waals surface area contributed by atoms with E-state index in [2.05, 4.69) is 11.1 Å². The first-order valence-electron chi connectivity index (χ1n) is 15.4. The Bertz CT molecular complexity index is 1810. The molecule has 0 bridgehead atoms. The number of benzene rings is 3. The van der Waals surface area contributed by atoms with Crippen molar-refractivity contribution in [3.8, 4) is 11.8 Å². The number of hydrogen-bond donors (Lipinski definition) is 2. The Morgan fingerprint density at radius 3 is 2.27 bits per heavy atom. The monoisotopic (exact) mass is 686 g/mol. The van der Waals surface area contributed by atoms with Crippen LogP contribution in [0.1, 0.15) is 71.8 Å². The van der Waals surface area contributed by atoms with Gasteiger partial charge >= 0.3 is 18.0 Å². The van der Waals surface area contributed by atoms with Crippen LogP contribution in [0.4, 0.5) is 13.2 Å². The molecule has 0 aromatic heterocycles. The van der Waals surface area contributed by atoms with E-state index < -0.39 is 44.8 Å². The van der Waals surface area contributed by atoms with Crippen molar-refractivity contribution in [3.63, 3.8) is 0 Å². The number of aliphatic hydroxyl groups excluding tert-OH is 1. The molecule has 256 valence electrons. The Kier molecular flexibility index (Phi) is 10.9. The van der Waals surface area contributed by atoms with Crippen molar-refractivity contribution in [3.05, 3.63) is 100 Å². The molecule has 2 N–H and O–H groups in total. The molecule has 1 heterocycles. The van der Waals surface area contributed by atoms with E-state index >= 15 is 0 Å². The number of nitrogens with zero attached hydrogens (tertiary/aromatic N) is 2. The first kappa shape index (κ1) is 36.4. The standard InChI is InChI=1S/C35H38F3N3O6S/c1-24-18-27(32(43)47-33(2,3)4)11-10-26(24)12-17-48(44,45)41-15-13-34(23-39,14-16-41)40-31(42)28-19-29(35(36,37)38)21-30(20-28)46-22-25-8-6-5-7-9-25/h5-11,18-21H,12-17,22H2,1-4H3,(H,40,42)/p+1. The maximum Gasteiger partial charge on any atom is 0.416 e. The lowest BCUT2D eigenvalue weighted by Crippen LogP contribution is -2.89. The predicted molar refractivity (Wildman–Crippen MR) is 173 cm³/mol. The van der Waals surface area contributed by atoms with Gasteiger partial charge in [0.15, 0.2) is 0 Å². The maximum atomic E-state index is 13.7.